The first-order valence-electron chi connectivity index (χ1n) is 8.57. The first-order valence-corrected chi connectivity index (χ1v) is 9.93. The van der Waals surface area contributed by atoms with E-state index < -0.39 is 0 Å². The van der Waals surface area contributed by atoms with Crippen LogP contribution in [0.1, 0.15) is 18.2 Å². The normalized spacial score (nSPS) is 10.7. The third-order valence-corrected chi connectivity index (χ3v) is 5.04. The second-order valence-corrected chi connectivity index (χ2v) is 7.59. The van der Waals surface area contributed by atoms with Gasteiger partial charge in [0.15, 0.2) is 11.6 Å². The summed E-state index contributed by atoms with van der Waals surface area (Å²) in [6.45, 7) is 3.71. The van der Waals surface area contributed by atoms with Crippen LogP contribution in [0, 0.1) is 6.92 Å². The summed E-state index contributed by atoms with van der Waals surface area (Å²) in [4.78, 5) is 41.1. The molecule has 28 heavy (non-hydrogen) atoms. The van der Waals surface area contributed by atoms with Crippen molar-refractivity contribution in [3.8, 4) is 11.6 Å². The quantitative estimate of drug-likeness (QED) is 0.598. The van der Waals surface area contributed by atoms with Gasteiger partial charge in [-0.05, 0) is 36.9 Å². The molecule has 0 fully saturated rings. The van der Waals surface area contributed by atoms with Gasteiger partial charge in [-0.3, -0.25) is 9.59 Å². The molecular weight excluding hydrogens is 398 g/mol. The molecule has 0 unspecified atom stereocenters. The molecule has 0 saturated heterocycles. The second kappa shape index (κ2) is 8.99. The lowest BCUT2D eigenvalue weighted by molar-refractivity contribution is -0.115. The summed E-state index contributed by atoms with van der Waals surface area (Å²) in [5.74, 6) is 1.12. The van der Waals surface area contributed by atoms with Crippen LogP contribution in [0.5, 0.6) is 0 Å². The summed E-state index contributed by atoms with van der Waals surface area (Å²) in [6.07, 6.45) is 3.03. The van der Waals surface area contributed by atoms with Gasteiger partial charge >= 0.3 is 0 Å². The summed E-state index contributed by atoms with van der Waals surface area (Å²) in [6, 6.07) is 7.01. The summed E-state index contributed by atoms with van der Waals surface area (Å²) in [7, 11) is 0. The van der Waals surface area contributed by atoms with Crippen LogP contribution in [0.4, 0.5) is 5.69 Å². The van der Waals surface area contributed by atoms with Gasteiger partial charge < -0.3 is 10.3 Å². The zero-order valence-electron chi connectivity index (χ0n) is 15.3. The highest BCUT2D eigenvalue weighted by atomic mass is 35.5. The number of carbonyl (C=O) groups excluding carboxylic acids is 1. The lowest BCUT2D eigenvalue weighted by Crippen LogP contribution is -2.24. The smallest absolute Gasteiger partial charge is 0.255 e. The summed E-state index contributed by atoms with van der Waals surface area (Å²) in [5.41, 5.74) is 0.986. The fraction of sp³-hybridized carbons (Fsp3) is 0.211. The highest BCUT2D eigenvalue weighted by Gasteiger charge is 2.15. The number of H-pyrrole nitrogens is 1. The second-order valence-electron chi connectivity index (χ2n) is 5.85. The van der Waals surface area contributed by atoms with Crippen molar-refractivity contribution in [1.82, 2.24) is 19.9 Å². The number of carbonyl (C=O) groups is 1. The number of hydrogen-bond donors (Lipinski definition) is 2. The van der Waals surface area contributed by atoms with Crippen LogP contribution in [0.2, 0.25) is 5.02 Å². The molecule has 0 aliphatic carbocycles. The van der Waals surface area contributed by atoms with E-state index in [2.05, 4.69) is 25.3 Å². The van der Waals surface area contributed by atoms with Crippen LogP contribution >= 0.6 is 23.4 Å². The number of amides is 1. The van der Waals surface area contributed by atoms with E-state index in [0.29, 0.717) is 27.8 Å². The zero-order chi connectivity index (χ0) is 20.1. The molecule has 0 radical (unpaired) electrons. The topological polar surface area (TPSA) is 101 Å². The van der Waals surface area contributed by atoms with E-state index in [-0.39, 0.29) is 23.7 Å². The van der Waals surface area contributed by atoms with Gasteiger partial charge in [0.25, 0.3) is 5.56 Å². The average molecular weight is 416 g/mol. The molecule has 1 amide bonds. The lowest BCUT2D eigenvalue weighted by atomic mass is 10.1. The van der Waals surface area contributed by atoms with Crippen molar-refractivity contribution in [2.45, 2.75) is 25.2 Å². The number of anilines is 1. The van der Waals surface area contributed by atoms with Crippen LogP contribution in [-0.2, 0) is 11.2 Å². The van der Waals surface area contributed by atoms with Crippen LogP contribution in [0.3, 0.4) is 0 Å². The molecule has 2 heterocycles. The number of hydrogen-bond acceptors (Lipinski definition) is 6. The number of aryl methyl sites for hydroxylation is 1. The Bertz CT molecular complexity index is 1060. The van der Waals surface area contributed by atoms with Crippen molar-refractivity contribution in [3.63, 3.8) is 0 Å². The SMILES string of the molecule is CCSc1ccc(Cl)cc1NC(=O)Cc1c(C)nc(-c2ncccn2)[nH]c1=O. The predicted molar refractivity (Wildman–Crippen MR) is 111 cm³/mol. The molecule has 0 bridgehead atoms. The first-order chi connectivity index (χ1) is 13.5. The zero-order valence-corrected chi connectivity index (χ0v) is 16.9. The summed E-state index contributed by atoms with van der Waals surface area (Å²) in [5, 5.41) is 3.36. The Balaban J connectivity index is 1.82. The van der Waals surface area contributed by atoms with Crippen molar-refractivity contribution in [2.75, 3.05) is 11.1 Å². The fourth-order valence-electron chi connectivity index (χ4n) is 2.58. The molecule has 0 aliphatic rings. The Morgan fingerprint density at radius 3 is 2.71 bits per heavy atom. The van der Waals surface area contributed by atoms with E-state index in [1.807, 2.05) is 13.0 Å². The summed E-state index contributed by atoms with van der Waals surface area (Å²) >= 11 is 7.65. The van der Waals surface area contributed by atoms with Gasteiger partial charge in [-0.1, -0.05) is 18.5 Å². The molecule has 0 aliphatic heterocycles. The van der Waals surface area contributed by atoms with Crippen LogP contribution in [-0.4, -0.2) is 31.6 Å². The molecule has 2 aromatic heterocycles. The number of nitrogens with one attached hydrogen (secondary N) is 2. The monoisotopic (exact) mass is 415 g/mol. The first kappa shape index (κ1) is 20.0. The minimum Gasteiger partial charge on any atom is -0.325 e. The van der Waals surface area contributed by atoms with E-state index in [9.17, 15) is 9.59 Å². The van der Waals surface area contributed by atoms with Gasteiger partial charge in [-0.2, -0.15) is 0 Å². The minimum atomic E-state index is -0.389. The van der Waals surface area contributed by atoms with Crippen LogP contribution < -0.4 is 10.9 Å². The van der Waals surface area contributed by atoms with Gasteiger partial charge in [-0.15, -0.1) is 11.8 Å². The summed E-state index contributed by atoms with van der Waals surface area (Å²) < 4.78 is 0. The van der Waals surface area contributed by atoms with Crippen molar-refractivity contribution in [3.05, 3.63) is 63.3 Å². The molecule has 3 rings (SSSR count). The van der Waals surface area contributed by atoms with E-state index in [1.54, 1.807) is 49.3 Å². The minimum absolute atomic E-state index is 0.104. The molecule has 0 atom stereocenters. The highest BCUT2D eigenvalue weighted by Crippen LogP contribution is 2.30. The largest absolute Gasteiger partial charge is 0.325 e. The molecule has 0 spiro atoms. The number of benzene rings is 1. The lowest BCUT2D eigenvalue weighted by Gasteiger charge is -2.11. The Kier molecular flexibility index (Phi) is 6.43. The molecule has 2 N–H and O–H groups in total. The molecule has 7 nitrogen and oxygen atoms in total. The number of nitrogens with zero attached hydrogens (tertiary/aromatic N) is 3. The van der Waals surface area contributed by atoms with E-state index in [4.69, 9.17) is 11.6 Å². The Morgan fingerprint density at radius 2 is 2.04 bits per heavy atom. The molecule has 3 aromatic rings. The third kappa shape index (κ3) is 4.76. The predicted octanol–water partition coefficient (Wildman–Crippen LogP) is 3.48. The molecule has 1 aromatic carbocycles. The van der Waals surface area contributed by atoms with Gasteiger partial charge in [0, 0.05) is 33.6 Å². The molecule has 9 heteroatoms. The van der Waals surface area contributed by atoms with Gasteiger partial charge in [-0.25, -0.2) is 15.0 Å². The van der Waals surface area contributed by atoms with Gasteiger partial charge in [0.1, 0.15) is 0 Å². The Hall–Kier alpha value is -2.71. The Morgan fingerprint density at radius 1 is 1.29 bits per heavy atom. The van der Waals surface area contributed by atoms with Crippen molar-refractivity contribution in [1.29, 1.82) is 0 Å². The van der Waals surface area contributed by atoms with Crippen LogP contribution in [0.15, 0.2) is 46.3 Å². The Labute approximate surface area is 171 Å². The molecular formula is C19H18ClN5O2S. The maximum absolute atomic E-state index is 12.5. The van der Waals surface area contributed by atoms with Gasteiger partial charge in [0.05, 0.1) is 12.1 Å². The highest BCUT2D eigenvalue weighted by molar-refractivity contribution is 7.99. The number of rotatable bonds is 6. The average Bonchev–Trinajstić information content (AvgIpc) is 2.67. The van der Waals surface area contributed by atoms with Gasteiger partial charge in [0.2, 0.25) is 5.91 Å². The van der Waals surface area contributed by atoms with E-state index in [1.165, 1.54) is 0 Å². The number of halogens is 1. The molecule has 144 valence electrons. The van der Waals surface area contributed by atoms with Crippen molar-refractivity contribution >= 4 is 35.0 Å². The molecule has 0 saturated carbocycles. The standard InChI is InChI=1S/C19H18ClN5O2S/c1-3-28-15-6-5-12(20)9-14(15)24-16(26)10-13-11(2)23-18(25-19(13)27)17-21-7-4-8-22-17/h4-9H,3,10H2,1-2H3,(H,24,26)(H,23,25,27). The number of thioether (sulfide) groups is 1. The van der Waals surface area contributed by atoms with Crippen LogP contribution in [0.25, 0.3) is 11.6 Å². The third-order valence-electron chi connectivity index (χ3n) is 3.85. The van der Waals surface area contributed by atoms with E-state index >= 15 is 0 Å². The van der Waals surface area contributed by atoms with E-state index in [0.717, 1.165) is 10.6 Å². The number of aromatic nitrogens is 4. The maximum atomic E-state index is 12.5. The number of aromatic amines is 1. The maximum Gasteiger partial charge on any atom is 0.255 e. The fourth-order valence-corrected chi connectivity index (χ4v) is 3.49. The van der Waals surface area contributed by atoms with Crippen molar-refractivity contribution in [2.24, 2.45) is 0 Å². The van der Waals surface area contributed by atoms with Crippen molar-refractivity contribution < 1.29 is 4.79 Å².